The van der Waals surface area contributed by atoms with Gasteiger partial charge in [-0.25, -0.2) is 23.1 Å². The van der Waals surface area contributed by atoms with Crippen molar-refractivity contribution in [1.29, 1.82) is 0 Å². The second-order valence-corrected chi connectivity index (χ2v) is 9.22. The van der Waals surface area contributed by atoms with Crippen molar-refractivity contribution in [1.82, 2.24) is 9.97 Å². The molecule has 0 aliphatic heterocycles. The molecule has 2 N–H and O–H groups in total. The van der Waals surface area contributed by atoms with Gasteiger partial charge in [0.1, 0.15) is 0 Å². The fourth-order valence-corrected chi connectivity index (χ4v) is 4.18. The van der Waals surface area contributed by atoms with Crippen molar-refractivity contribution in [3.05, 3.63) is 70.0 Å². The smallest absolute Gasteiger partial charge is 0.264 e. The molecule has 0 unspecified atom stereocenters. The zero-order chi connectivity index (χ0) is 23.3. The van der Waals surface area contributed by atoms with Gasteiger partial charge in [-0.2, -0.15) is 0 Å². The minimum Gasteiger partial charge on any atom is -0.490 e. The lowest BCUT2D eigenvalue weighted by atomic mass is 10.2. The molecule has 2 aromatic carbocycles. The van der Waals surface area contributed by atoms with E-state index in [1.807, 2.05) is 6.92 Å². The topological polar surface area (TPSA) is 110 Å². The first-order valence-corrected chi connectivity index (χ1v) is 11.8. The van der Waals surface area contributed by atoms with Crippen LogP contribution in [0.2, 0.25) is 10.0 Å². The molecule has 32 heavy (non-hydrogen) atoms. The summed E-state index contributed by atoms with van der Waals surface area (Å²) in [5.74, 6) is -0.161. The van der Waals surface area contributed by atoms with Gasteiger partial charge in [0, 0.05) is 23.1 Å². The number of rotatable bonds is 8. The van der Waals surface area contributed by atoms with Gasteiger partial charge < -0.3 is 10.1 Å². The van der Waals surface area contributed by atoms with Crippen molar-refractivity contribution < 1.29 is 17.9 Å². The fraction of sp³-hybridized carbons (Fsp3) is 0.190. The van der Waals surface area contributed by atoms with Crippen LogP contribution in [-0.2, 0) is 10.0 Å². The quantitative estimate of drug-likeness (QED) is 0.459. The number of halogens is 2. The lowest BCUT2D eigenvalue weighted by Gasteiger charge is -2.12. The Morgan fingerprint density at radius 2 is 1.75 bits per heavy atom. The Bertz CT molecular complexity index is 1210. The molecule has 0 spiro atoms. The minimum atomic E-state index is -3.89. The summed E-state index contributed by atoms with van der Waals surface area (Å²) in [7, 11) is -3.89. The third-order valence-corrected chi connectivity index (χ3v) is 6.06. The molecule has 1 amide bonds. The standard InChI is InChI=1S/C21H20Cl2N4O4S/c1-3-10-31-19-17(22)11-14(12-18(19)23)20(28)26-15-4-6-16(7-5-15)32(29,30)27-21-24-9-8-13(2)25-21/h4-9,11-12H,3,10H2,1-2H3,(H,26,28)(H,24,25,27). The summed E-state index contributed by atoms with van der Waals surface area (Å²) in [6, 6.07) is 10.2. The van der Waals surface area contributed by atoms with Gasteiger partial charge in [0.15, 0.2) is 5.75 Å². The second-order valence-electron chi connectivity index (χ2n) is 6.72. The maximum Gasteiger partial charge on any atom is 0.264 e. The van der Waals surface area contributed by atoms with Crippen LogP contribution in [0.25, 0.3) is 0 Å². The lowest BCUT2D eigenvalue weighted by molar-refractivity contribution is 0.102. The van der Waals surface area contributed by atoms with Gasteiger partial charge in [-0.1, -0.05) is 30.1 Å². The molecular formula is C21H20Cl2N4O4S. The Balaban J connectivity index is 1.72. The number of carbonyl (C=O) groups excluding carboxylic acids is 1. The molecule has 0 bridgehead atoms. The number of hydrogen-bond donors (Lipinski definition) is 2. The van der Waals surface area contributed by atoms with Crippen LogP contribution in [0.15, 0.2) is 53.6 Å². The Morgan fingerprint density at radius 1 is 1.09 bits per heavy atom. The van der Waals surface area contributed by atoms with Crippen LogP contribution in [0.1, 0.15) is 29.4 Å². The van der Waals surface area contributed by atoms with E-state index in [-0.39, 0.29) is 26.5 Å². The van der Waals surface area contributed by atoms with Gasteiger partial charge in [-0.15, -0.1) is 0 Å². The van der Waals surface area contributed by atoms with Crippen molar-refractivity contribution in [3.8, 4) is 5.75 Å². The summed E-state index contributed by atoms with van der Waals surface area (Å²) >= 11 is 12.4. The molecule has 11 heteroatoms. The average molecular weight is 495 g/mol. The molecule has 0 radical (unpaired) electrons. The molecule has 8 nitrogen and oxygen atoms in total. The number of ether oxygens (including phenoxy) is 1. The van der Waals surface area contributed by atoms with E-state index in [0.29, 0.717) is 23.7 Å². The highest BCUT2D eigenvalue weighted by atomic mass is 35.5. The van der Waals surface area contributed by atoms with Gasteiger partial charge >= 0.3 is 0 Å². The van der Waals surface area contributed by atoms with Crippen LogP contribution in [-0.4, -0.2) is 30.9 Å². The number of anilines is 2. The highest BCUT2D eigenvalue weighted by Crippen LogP contribution is 2.34. The Morgan fingerprint density at radius 3 is 2.34 bits per heavy atom. The number of sulfonamides is 1. The highest BCUT2D eigenvalue weighted by molar-refractivity contribution is 7.92. The lowest BCUT2D eigenvalue weighted by Crippen LogP contribution is -2.16. The van der Waals surface area contributed by atoms with Crippen molar-refractivity contribution in [2.45, 2.75) is 25.2 Å². The summed E-state index contributed by atoms with van der Waals surface area (Å²) in [5, 5.41) is 3.12. The van der Waals surface area contributed by atoms with Crippen LogP contribution < -0.4 is 14.8 Å². The van der Waals surface area contributed by atoms with Crippen LogP contribution in [0.3, 0.4) is 0 Å². The number of benzene rings is 2. The van der Waals surface area contributed by atoms with Crippen molar-refractivity contribution in [2.24, 2.45) is 0 Å². The van der Waals surface area contributed by atoms with E-state index < -0.39 is 15.9 Å². The number of aryl methyl sites for hydroxylation is 1. The molecule has 0 saturated carbocycles. The zero-order valence-electron chi connectivity index (χ0n) is 17.2. The first kappa shape index (κ1) is 23.8. The third kappa shape index (κ3) is 5.87. The number of carbonyl (C=O) groups is 1. The Hall–Kier alpha value is -2.88. The molecule has 1 aromatic heterocycles. The van der Waals surface area contributed by atoms with Crippen LogP contribution in [0.4, 0.5) is 11.6 Å². The second kappa shape index (κ2) is 10.2. The molecule has 0 saturated heterocycles. The summed E-state index contributed by atoms with van der Waals surface area (Å²) in [6.07, 6.45) is 2.24. The van der Waals surface area contributed by atoms with Gasteiger partial charge in [-0.05, 0) is 55.8 Å². The van der Waals surface area contributed by atoms with Crippen LogP contribution in [0.5, 0.6) is 5.75 Å². The number of nitrogens with zero attached hydrogens (tertiary/aromatic N) is 2. The van der Waals surface area contributed by atoms with E-state index in [1.54, 1.807) is 13.0 Å². The molecule has 0 atom stereocenters. The molecule has 0 aliphatic carbocycles. The van der Waals surface area contributed by atoms with Gasteiger partial charge in [-0.3, -0.25) is 4.79 Å². The number of amides is 1. The maximum absolute atomic E-state index is 12.6. The summed E-state index contributed by atoms with van der Waals surface area (Å²) < 4.78 is 32.9. The Kier molecular flexibility index (Phi) is 7.55. The van der Waals surface area contributed by atoms with Crippen LogP contribution >= 0.6 is 23.2 Å². The molecular weight excluding hydrogens is 475 g/mol. The van der Waals surface area contributed by atoms with E-state index >= 15 is 0 Å². The van der Waals surface area contributed by atoms with Crippen molar-refractivity contribution in [2.75, 3.05) is 16.6 Å². The zero-order valence-corrected chi connectivity index (χ0v) is 19.6. The van der Waals surface area contributed by atoms with E-state index in [2.05, 4.69) is 20.0 Å². The van der Waals surface area contributed by atoms with Gasteiger partial charge in [0.2, 0.25) is 5.95 Å². The highest BCUT2D eigenvalue weighted by Gasteiger charge is 2.17. The third-order valence-electron chi connectivity index (χ3n) is 4.15. The molecule has 3 rings (SSSR count). The minimum absolute atomic E-state index is 0.0101. The summed E-state index contributed by atoms with van der Waals surface area (Å²) in [5.41, 5.74) is 1.25. The molecule has 1 heterocycles. The SMILES string of the molecule is CCCOc1c(Cl)cc(C(=O)Nc2ccc(S(=O)(=O)Nc3nccc(C)n3)cc2)cc1Cl. The molecule has 0 aliphatic rings. The van der Waals surface area contributed by atoms with Crippen molar-refractivity contribution in [3.63, 3.8) is 0 Å². The van der Waals surface area contributed by atoms with E-state index in [1.165, 1.54) is 42.6 Å². The predicted octanol–water partition coefficient (Wildman–Crippen LogP) is 4.93. The first-order valence-electron chi connectivity index (χ1n) is 9.55. The van der Waals surface area contributed by atoms with E-state index in [4.69, 9.17) is 27.9 Å². The predicted molar refractivity (Wildman–Crippen MR) is 124 cm³/mol. The number of hydrogen-bond acceptors (Lipinski definition) is 6. The van der Waals surface area contributed by atoms with Gasteiger partial charge in [0.25, 0.3) is 15.9 Å². The van der Waals surface area contributed by atoms with E-state index in [0.717, 1.165) is 6.42 Å². The molecule has 0 fully saturated rings. The average Bonchev–Trinajstić information content (AvgIpc) is 2.73. The number of nitrogens with one attached hydrogen (secondary N) is 2. The maximum atomic E-state index is 12.6. The normalized spacial score (nSPS) is 11.1. The number of aromatic nitrogens is 2. The largest absolute Gasteiger partial charge is 0.490 e. The summed E-state index contributed by atoms with van der Waals surface area (Å²) in [6.45, 7) is 4.13. The van der Waals surface area contributed by atoms with E-state index in [9.17, 15) is 13.2 Å². The molecule has 3 aromatic rings. The fourth-order valence-electron chi connectivity index (χ4n) is 2.63. The van der Waals surface area contributed by atoms with Crippen molar-refractivity contribution >= 4 is 50.8 Å². The Labute approximate surface area is 196 Å². The van der Waals surface area contributed by atoms with Gasteiger partial charge in [0.05, 0.1) is 21.5 Å². The van der Waals surface area contributed by atoms with Crippen LogP contribution in [0, 0.1) is 6.92 Å². The summed E-state index contributed by atoms with van der Waals surface area (Å²) in [4.78, 5) is 20.5. The molecule has 168 valence electrons. The first-order chi connectivity index (χ1) is 15.2. The monoisotopic (exact) mass is 494 g/mol.